The normalized spacial score (nSPS) is 12.5. The highest BCUT2D eigenvalue weighted by Crippen LogP contribution is 2.23. The molecule has 7 heteroatoms. The van der Waals surface area contributed by atoms with Crippen molar-refractivity contribution in [3.8, 4) is 5.75 Å². The van der Waals surface area contributed by atoms with Gasteiger partial charge in [0, 0.05) is 18.7 Å². The van der Waals surface area contributed by atoms with Crippen LogP contribution in [0.15, 0.2) is 18.2 Å². The quantitative estimate of drug-likeness (QED) is 0.614. The van der Waals surface area contributed by atoms with Crippen molar-refractivity contribution in [1.29, 1.82) is 0 Å². The summed E-state index contributed by atoms with van der Waals surface area (Å²) in [5, 5.41) is 23.2. The molecule has 1 rings (SSSR count). The Kier molecular flexibility index (Phi) is 5.66. The lowest BCUT2D eigenvalue weighted by Gasteiger charge is -2.25. The van der Waals surface area contributed by atoms with Gasteiger partial charge in [0.1, 0.15) is 11.3 Å². The van der Waals surface area contributed by atoms with E-state index in [0.717, 1.165) is 12.1 Å². The first kappa shape index (κ1) is 16.9. The monoisotopic (exact) mass is 295 g/mol. The van der Waals surface area contributed by atoms with Crippen molar-refractivity contribution in [2.75, 3.05) is 20.6 Å². The zero-order chi connectivity index (χ0) is 16.2. The van der Waals surface area contributed by atoms with Crippen LogP contribution in [0.4, 0.5) is 5.69 Å². The molecule has 0 saturated heterocycles. The van der Waals surface area contributed by atoms with Crippen molar-refractivity contribution >= 4 is 11.6 Å². The first-order valence-corrected chi connectivity index (χ1v) is 6.65. The summed E-state index contributed by atoms with van der Waals surface area (Å²) in [5.74, 6) is -0.565. The number of rotatable bonds is 6. The van der Waals surface area contributed by atoms with Crippen LogP contribution in [0.2, 0.25) is 0 Å². The topological polar surface area (TPSA) is 95.7 Å². The Hall–Kier alpha value is -2.15. The summed E-state index contributed by atoms with van der Waals surface area (Å²) in [6.07, 6.45) is 0. The summed E-state index contributed by atoms with van der Waals surface area (Å²) in [5.41, 5.74) is -0.456. The highest BCUT2D eigenvalue weighted by atomic mass is 16.6. The zero-order valence-corrected chi connectivity index (χ0v) is 12.7. The van der Waals surface area contributed by atoms with E-state index in [1.807, 2.05) is 32.8 Å². The molecule has 0 aromatic heterocycles. The number of benzene rings is 1. The Morgan fingerprint density at radius 2 is 2.05 bits per heavy atom. The molecule has 7 nitrogen and oxygen atoms in total. The largest absolute Gasteiger partial charge is 0.508 e. The number of carbonyl (C=O) groups excluding carboxylic acids is 1. The van der Waals surface area contributed by atoms with Gasteiger partial charge in [-0.25, -0.2) is 0 Å². The molecule has 0 aliphatic heterocycles. The zero-order valence-electron chi connectivity index (χ0n) is 12.7. The van der Waals surface area contributed by atoms with Crippen LogP contribution in [0.25, 0.3) is 0 Å². The van der Waals surface area contributed by atoms with E-state index in [1.165, 1.54) is 6.07 Å². The first-order chi connectivity index (χ1) is 9.72. The van der Waals surface area contributed by atoms with Gasteiger partial charge >= 0.3 is 0 Å². The number of phenols is 1. The van der Waals surface area contributed by atoms with Gasteiger partial charge < -0.3 is 15.3 Å². The van der Waals surface area contributed by atoms with Gasteiger partial charge in [-0.15, -0.1) is 0 Å². The van der Waals surface area contributed by atoms with Crippen LogP contribution in [0.1, 0.15) is 24.2 Å². The van der Waals surface area contributed by atoms with E-state index >= 15 is 0 Å². The Labute approximate surface area is 123 Å². The minimum atomic E-state index is -0.634. The lowest BCUT2D eigenvalue weighted by Crippen LogP contribution is -2.45. The van der Waals surface area contributed by atoms with Gasteiger partial charge in [0.2, 0.25) is 0 Å². The molecule has 1 atom stereocenters. The predicted octanol–water partition coefficient (Wildman–Crippen LogP) is 1.62. The molecule has 116 valence electrons. The predicted molar refractivity (Wildman–Crippen MR) is 79.4 cm³/mol. The lowest BCUT2D eigenvalue weighted by atomic mass is 10.0. The van der Waals surface area contributed by atoms with Gasteiger partial charge in [-0.1, -0.05) is 13.8 Å². The molecule has 0 spiro atoms. The number of likely N-dealkylation sites (N-methyl/N-ethyl adjacent to an activating group) is 1. The number of nitro groups is 1. The Morgan fingerprint density at radius 1 is 1.43 bits per heavy atom. The molecule has 1 unspecified atom stereocenters. The Bertz CT molecular complexity index is 529. The number of phenolic OH excluding ortho intramolecular Hbond substituents is 1. The van der Waals surface area contributed by atoms with Crippen LogP contribution < -0.4 is 5.32 Å². The number of nitrogens with one attached hydrogen (secondary N) is 1. The van der Waals surface area contributed by atoms with Crippen LogP contribution in [-0.4, -0.2) is 47.5 Å². The van der Waals surface area contributed by atoms with Crippen LogP contribution in [0.3, 0.4) is 0 Å². The van der Waals surface area contributed by atoms with Gasteiger partial charge in [-0.2, -0.15) is 0 Å². The average Bonchev–Trinajstić information content (AvgIpc) is 2.36. The second-order valence-corrected chi connectivity index (χ2v) is 5.54. The number of nitrogens with zero attached hydrogens (tertiary/aromatic N) is 2. The SMILES string of the molecule is CC(C)C(CN(C)C)NC(=O)c1cc(O)ccc1[N+](=O)[O-]. The average molecular weight is 295 g/mol. The third kappa shape index (κ3) is 4.71. The van der Waals surface area contributed by atoms with Crippen LogP contribution in [-0.2, 0) is 0 Å². The molecule has 21 heavy (non-hydrogen) atoms. The molecule has 0 bridgehead atoms. The smallest absolute Gasteiger partial charge is 0.282 e. The summed E-state index contributed by atoms with van der Waals surface area (Å²) < 4.78 is 0. The minimum absolute atomic E-state index is 0.135. The molecule has 2 N–H and O–H groups in total. The molecule has 0 aliphatic carbocycles. The van der Waals surface area contributed by atoms with Crippen LogP contribution >= 0.6 is 0 Å². The van der Waals surface area contributed by atoms with Crippen molar-refractivity contribution in [3.05, 3.63) is 33.9 Å². The lowest BCUT2D eigenvalue weighted by molar-refractivity contribution is -0.385. The van der Waals surface area contributed by atoms with Crippen LogP contribution in [0.5, 0.6) is 5.75 Å². The highest BCUT2D eigenvalue weighted by Gasteiger charge is 2.24. The molecule has 0 heterocycles. The molecular formula is C14H21N3O4. The van der Waals surface area contributed by atoms with Crippen molar-refractivity contribution in [3.63, 3.8) is 0 Å². The number of carbonyl (C=O) groups is 1. The fourth-order valence-electron chi connectivity index (χ4n) is 1.93. The molecule has 0 saturated carbocycles. The van der Waals surface area contributed by atoms with E-state index in [-0.39, 0.29) is 29.0 Å². The van der Waals surface area contributed by atoms with Gasteiger partial charge in [0.15, 0.2) is 0 Å². The first-order valence-electron chi connectivity index (χ1n) is 6.65. The number of amides is 1. The maximum absolute atomic E-state index is 12.3. The summed E-state index contributed by atoms with van der Waals surface area (Å²) in [6, 6.07) is 3.28. The maximum Gasteiger partial charge on any atom is 0.282 e. The third-order valence-corrected chi connectivity index (χ3v) is 3.10. The van der Waals surface area contributed by atoms with Gasteiger partial charge in [0.05, 0.1) is 4.92 Å². The summed E-state index contributed by atoms with van der Waals surface area (Å²) in [6.45, 7) is 4.55. The van der Waals surface area contributed by atoms with Crippen molar-refractivity contribution < 1.29 is 14.8 Å². The number of aromatic hydroxyl groups is 1. The molecule has 0 radical (unpaired) electrons. The maximum atomic E-state index is 12.3. The second kappa shape index (κ2) is 7.03. The van der Waals surface area contributed by atoms with Gasteiger partial charge in [-0.3, -0.25) is 14.9 Å². The Morgan fingerprint density at radius 3 is 2.52 bits per heavy atom. The molecule has 1 aromatic rings. The van der Waals surface area contributed by atoms with Crippen molar-refractivity contribution in [1.82, 2.24) is 10.2 Å². The minimum Gasteiger partial charge on any atom is -0.508 e. The van der Waals surface area contributed by atoms with Crippen molar-refractivity contribution in [2.45, 2.75) is 19.9 Å². The fraction of sp³-hybridized carbons (Fsp3) is 0.500. The molecule has 1 aromatic carbocycles. The van der Waals surface area contributed by atoms with E-state index in [1.54, 1.807) is 0 Å². The molecular weight excluding hydrogens is 274 g/mol. The van der Waals surface area contributed by atoms with E-state index in [0.29, 0.717) is 6.54 Å². The highest BCUT2D eigenvalue weighted by molar-refractivity contribution is 5.98. The third-order valence-electron chi connectivity index (χ3n) is 3.10. The summed E-state index contributed by atoms with van der Waals surface area (Å²) >= 11 is 0. The summed E-state index contributed by atoms with van der Waals surface area (Å²) in [4.78, 5) is 24.5. The van der Waals surface area contributed by atoms with E-state index in [9.17, 15) is 20.0 Å². The van der Waals surface area contributed by atoms with Crippen LogP contribution in [0, 0.1) is 16.0 Å². The van der Waals surface area contributed by atoms with Gasteiger partial charge in [-0.05, 0) is 32.1 Å². The fourth-order valence-corrected chi connectivity index (χ4v) is 1.93. The van der Waals surface area contributed by atoms with E-state index in [2.05, 4.69) is 5.32 Å². The molecule has 0 fully saturated rings. The molecule has 1 amide bonds. The van der Waals surface area contributed by atoms with Crippen molar-refractivity contribution in [2.24, 2.45) is 5.92 Å². The number of hydrogen-bond donors (Lipinski definition) is 2. The molecule has 0 aliphatic rings. The number of nitro benzene ring substituents is 1. The van der Waals surface area contributed by atoms with Gasteiger partial charge in [0.25, 0.3) is 11.6 Å². The van der Waals surface area contributed by atoms with E-state index in [4.69, 9.17) is 0 Å². The number of hydrogen-bond acceptors (Lipinski definition) is 5. The summed E-state index contributed by atoms with van der Waals surface area (Å²) in [7, 11) is 3.77. The standard InChI is InChI=1S/C14H21N3O4/c1-9(2)12(8-16(3)4)15-14(19)11-7-10(18)5-6-13(11)17(20)21/h5-7,9,12,18H,8H2,1-4H3,(H,15,19). The van der Waals surface area contributed by atoms with E-state index < -0.39 is 10.8 Å². The Balaban J connectivity index is 3.02. The second-order valence-electron chi connectivity index (χ2n) is 5.54.